The van der Waals surface area contributed by atoms with Crippen LogP contribution in [0.5, 0.6) is 0 Å². The van der Waals surface area contributed by atoms with Crippen molar-refractivity contribution in [3.8, 4) is 0 Å². The van der Waals surface area contributed by atoms with Gasteiger partial charge < -0.3 is 10.2 Å². The van der Waals surface area contributed by atoms with E-state index in [1.165, 1.54) is 35.9 Å². The molecule has 2 aromatic rings. The lowest BCUT2D eigenvalue weighted by atomic mass is 10.0. The van der Waals surface area contributed by atoms with E-state index in [1.54, 1.807) is 18.2 Å². The summed E-state index contributed by atoms with van der Waals surface area (Å²) < 4.78 is 0. The van der Waals surface area contributed by atoms with Crippen LogP contribution in [0.2, 0.25) is 0 Å². The molecule has 27 heavy (non-hydrogen) atoms. The van der Waals surface area contributed by atoms with E-state index in [1.807, 2.05) is 0 Å². The minimum atomic E-state index is -0.444. The highest BCUT2D eigenvalue weighted by molar-refractivity contribution is 5.91. The van der Waals surface area contributed by atoms with E-state index >= 15 is 0 Å². The number of rotatable bonds is 7. The molecule has 0 unspecified atom stereocenters. The van der Waals surface area contributed by atoms with Crippen LogP contribution >= 0.6 is 0 Å². The van der Waals surface area contributed by atoms with Gasteiger partial charge in [-0.05, 0) is 54.7 Å². The van der Waals surface area contributed by atoms with Crippen molar-refractivity contribution >= 4 is 23.4 Å². The molecule has 1 amide bonds. The van der Waals surface area contributed by atoms with Crippen LogP contribution < -0.4 is 10.2 Å². The second kappa shape index (κ2) is 8.98. The summed E-state index contributed by atoms with van der Waals surface area (Å²) in [5.41, 5.74) is 3.50. The molecule has 0 radical (unpaired) electrons. The van der Waals surface area contributed by atoms with Crippen LogP contribution in [0, 0.1) is 10.1 Å². The zero-order valence-corrected chi connectivity index (χ0v) is 15.1. The highest BCUT2D eigenvalue weighted by Gasteiger charge is 2.15. The smallest absolute Gasteiger partial charge is 0.269 e. The van der Waals surface area contributed by atoms with Crippen LogP contribution in [0.4, 0.5) is 11.4 Å². The lowest BCUT2D eigenvalue weighted by molar-refractivity contribution is -0.384. The Hall–Kier alpha value is -3.15. The molecule has 0 saturated carbocycles. The zero-order valence-electron chi connectivity index (χ0n) is 15.1. The van der Waals surface area contributed by atoms with Crippen LogP contribution in [0.1, 0.15) is 24.0 Å². The number of fused-ring (bicyclic) bond motifs is 1. The molecule has 1 N–H and O–H groups in total. The molecule has 0 spiro atoms. The number of nitrogens with zero attached hydrogens (tertiary/aromatic N) is 2. The molecular weight excluding hydrogens is 342 g/mol. The zero-order chi connectivity index (χ0) is 19.1. The fraction of sp³-hybridized carbons (Fsp3) is 0.286. The summed E-state index contributed by atoms with van der Waals surface area (Å²) >= 11 is 0. The largest absolute Gasteiger partial charge is 0.371 e. The van der Waals surface area contributed by atoms with Crippen molar-refractivity contribution in [2.45, 2.75) is 19.3 Å². The third-order valence-electron chi connectivity index (χ3n) is 4.64. The Morgan fingerprint density at radius 2 is 1.96 bits per heavy atom. The van der Waals surface area contributed by atoms with E-state index in [-0.39, 0.29) is 11.6 Å². The number of aryl methyl sites for hydroxylation is 1. The first-order chi connectivity index (χ1) is 13.1. The fourth-order valence-electron chi connectivity index (χ4n) is 3.26. The van der Waals surface area contributed by atoms with Crippen molar-refractivity contribution < 1.29 is 9.72 Å². The first kappa shape index (κ1) is 18.6. The SMILES string of the molecule is O=C(/C=C/c1ccc([N+](=O)[O-])cc1)NCCCN1CCCc2ccccc21. The maximum Gasteiger partial charge on any atom is 0.269 e. The van der Waals surface area contributed by atoms with E-state index in [4.69, 9.17) is 0 Å². The van der Waals surface area contributed by atoms with E-state index in [2.05, 4.69) is 34.5 Å². The van der Waals surface area contributed by atoms with Crippen LogP contribution in [0.3, 0.4) is 0 Å². The molecule has 0 atom stereocenters. The molecule has 140 valence electrons. The highest BCUT2D eigenvalue weighted by atomic mass is 16.6. The molecule has 1 aliphatic rings. The molecule has 0 saturated heterocycles. The summed E-state index contributed by atoms with van der Waals surface area (Å²) in [6.45, 7) is 2.59. The molecule has 3 rings (SSSR count). The summed E-state index contributed by atoms with van der Waals surface area (Å²) in [6.07, 6.45) is 6.29. The Morgan fingerprint density at radius 1 is 1.19 bits per heavy atom. The van der Waals surface area contributed by atoms with Crippen molar-refractivity contribution in [2.24, 2.45) is 0 Å². The quantitative estimate of drug-likeness (QED) is 0.352. The lowest BCUT2D eigenvalue weighted by Crippen LogP contribution is -2.32. The van der Waals surface area contributed by atoms with Gasteiger partial charge in [-0.25, -0.2) is 0 Å². The van der Waals surface area contributed by atoms with Crippen LogP contribution in [0.25, 0.3) is 6.08 Å². The summed E-state index contributed by atoms with van der Waals surface area (Å²) in [6, 6.07) is 14.6. The molecule has 0 bridgehead atoms. The minimum Gasteiger partial charge on any atom is -0.371 e. The van der Waals surface area contributed by atoms with Gasteiger partial charge in [0.1, 0.15) is 0 Å². The number of carbonyl (C=O) groups excluding carboxylic acids is 1. The standard InChI is InChI=1S/C21H23N3O3/c25-21(13-10-17-8-11-19(12-9-17)24(26)27)22-14-4-16-23-15-3-6-18-5-1-2-7-20(18)23/h1-2,5,7-13H,3-4,6,14-16H2,(H,22,25)/b13-10+. The van der Waals surface area contributed by atoms with Gasteiger partial charge >= 0.3 is 0 Å². The van der Waals surface area contributed by atoms with Gasteiger partial charge in [0.15, 0.2) is 0 Å². The van der Waals surface area contributed by atoms with Gasteiger partial charge in [0.05, 0.1) is 4.92 Å². The average Bonchev–Trinajstić information content (AvgIpc) is 2.70. The molecule has 1 heterocycles. The molecule has 6 nitrogen and oxygen atoms in total. The van der Waals surface area contributed by atoms with Crippen molar-refractivity contribution in [2.75, 3.05) is 24.5 Å². The van der Waals surface area contributed by atoms with Crippen molar-refractivity contribution in [3.63, 3.8) is 0 Å². The Morgan fingerprint density at radius 3 is 2.74 bits per heavy atom. The van der Waals surface area contributed by atoms with Crippen molar-refractivity contribution in [1.29, 1.82) is 0 Å². The fourth-order valence-corrected chi connectivity index (χ4v) is 3.26. The van der Waals surface area contributed by atoms with Gasteiger partial charge in [-0.2, -0.15) is 0 Å². The van der Waals surface area contributed by atoms with Crippen molar-refractivity contribution in [3.05, 3.63) is 75.8 Å². The molecular formula is C21H23N3O3. The van der Waals surface area contributed by atoms with Crippen LogP contribution in [-0.2, 0) is 11.2 Å². The summed E-state index contributed by atoms with van der Waals surface area (Å²) in [4.78, 5) is 24.5. The summed E-state index contributed by atoms with van der Waals surface area (Å²) in [5.74, 6) is -0.160. The van der Waals surface area contributed by atoms with Gasteiger partial charge in [-0.1, -0.05) is 18.2 Å². The van der Waals surface area contributed by atoms with Gasteiger partial charge in [-0.3, -0.25) is 14.9 Å². The number of nitrogens with one attached hydrogen (secondary N) is 1. The third-order valence-corrected chi connectivity index (χ3v) is 4.64. The number of hydrogen-bond donors (Lipinski definition) is 1. The molecule has 1 aliphatic heterocycles. The maximum atomic E-state index is 11.9. The number of non-ortho nitro benzene ring substituents is 1. The Balaban J connectivity index is 1.42. The Kier molecular flexibility index (Phi) is 6.20. The van der Waals surface area contributed by atoms with E-state index in [0.717, 1.165) is 31.5 Å². The summed E-state index contributed by atoms with van der Waals surface area (Å²) in [7, 11) is 0. The number of carbonyl (C=O) groups is 1. The number of hydrogen-bond acceptors (Lipinski definition) is 4. The normalized spacial score (nSPS) is 13.4. The summed E-state index contributed by atoms with van der Waals surface area (Å²) in [5, 5.41) is 13.5. The average molecular weight is 365 g/mol. The first-order valence-electron chi connectivity index (χ1n) is 9.17. The molecule has 0 fully saturated rings. The van der Waals surface area contributed by atoms with Gasteiger partial charge in [0, 0.05) is 43.5 Å². The molecule has 0 aromatic heterocycles. The predicted octanol–water partition coefficient (Wildman–Crippen LogP) is 3.57. The third kappa shape index (κ3) is 5.17. The van der Waals surface area contributed by atoms with E-state index in [0.29, 0.717) is 6.54 Å². The topological polar surface area (TPSA) is 75.5 Å². The Labute approximate surface area is 158 Å². The molecule has 6 heteroatoms. The predicted molar refractivity (Wildman–Crippen MR) is 107 cm³/mol. The monoisotopic (exact) mass is 365 g/mol. The first-order valence-corrected chi connectivity index (χ1v) is 9.17. The van der Waals surface area contributed by atoms with Crippen LogP contribution in [0.15, 0.2) is 54.6 Å². The molecule has 0 aliphatic carbocycles. The van der Waals surface area contributed by atoms with E-state index in [9.17, 15) is 14.9 Å². The number of amides is 1. The van der Waals surface area contributed by atoms with Gasteiger partial charge in [0.2, 0.25) is 5.91 Å². The number of nitro groups is 1. The number of nitro benzene ring substituents is 1. The van der Waals surface area contributed by atoms with Gasteiger partial charge in [-0.15, -0.1) is 0 Å². The number of anilines is 1. The minimum absolute atomic E-state index is 0.0379. The second-order valence-corrected chi connectivity index (χ2v) is 6.55. The Bertz CT molecular complexity index is 831. The van der Waals surface area contributed by atoms with E-state index < -0.39 is 4.92 Å². The highest BCUT2D eigenvalue weighted by Crippen LogP contribution is 2.26. The number of benzene rings is 2. The van der Waals surface area contributed by atoms with Gasteiger partial charge in [0.25, 0.3) is 5.69 Å². The number of para-hydroxylation sites is 1. The molecule has 2 aromatic carbocycles. The van der Waals surface area contributed by atoms with Crippen LogP contribution in [-0.4, -0.2) is 30.5 Å². The second-order valence-electron chi connectivity index (χ2n) is 6.55. The lowest BCUT2D eigenvalue weighted by Gasteiger charge is -2.31. The van der Waals surface area contributed by atoms with Crippen molar-refractivity contribution in [1.82, 2.24) is 5.32 Å². The maximum absolute atomic E-state index is 11.9.